The average Bonchev–Trinajstić information content (AvgIpc) is 2.60. The first-order valence-corrected chi connectivity index (χ1v) is 7.99. The lowest BCUT2D eigenvalue weighted by Gasteiger charge is -2.13. The van der Waals surface area contributed by atoms with Crippen LogP contribution in [0.25, 0.3) is 0 Å². The second-order valence-electron chi connectivity index (χ2n) is 5.51. The number of amides is 2. The van der Waals surface area contributed by atoms with Gasteiger partial charge in [-0.25, -0.2) is 0 Å². The molecule has 0 radical (unpaired) electrons. The summed E-state index contributed by atoms with van der Waals surface area (Å²) in [4.78, 5) is 23.9. The minimum atomic E-state index is -0.142. The normalized spacial score (nSPS) is 10.1. The standard InChI is InChI=1S/C19H23N3O2/c1-4-14-7-5-8-15(11-14)22-18(23)12-21-17-10-6-9-16(13(17)2)19(24)20-3/h5-11,21H,4,12H2,1-3H3,(H,20,24)(H,22,23). The topological polar surface area (TPSA) is 70.2 Å². The van der Waals surface area contributed by atoms with E-state index in [1.807, 2.05) is 37.3 Å². The highest BCUT2D eigenvalue weighted by atomic mass is 16.2. The van der Waals surface area contributed by atoms with Gasteiger partial charge in [-0.15, -0.1) is 0 Å². The third kappa shape index (κ3) is 4.35. The first-order chi connectivity index (χ1) is 11.5. The number of rotatable bonds is 6. The van der Waals surface area contributed by atoms with Gasteiger partial charge in [0.25, 0.3) is 5.91 Å². The second-order valence-corrected chi connectivity index (χ2v) is 5.51. The molecule has 0 atom stereocenters. The lowest BCUT2D eigenvalue weighted by atomic mass is 10.1. The van der Waals surface area contributed by atoms with E-state index in [-0.39, 0.29) is 18.4 Å². The maximum absolute atomic E-state index is 12.1. The maximum Gasteiger partial charge on any atom is 0.251 e. The molecule has 0 aliphatic rings. The number of hydrogen-bond donors (Lipinski definition) is 3. The van der Waals surface area contributed by atoms with Crippen LogP contribution in [0.4, 0.5) is 11.4 Å². The predicted octanol–water partition coefficient (Wildman–Crippen LogP) is 2.97. The molecule has 0 spiro atoms. The van der Waals surface area contributed by atoms with Crippen molar-refractivity contribution in [3.63, 3.8) is 0 Å². The van der Waals surface area contributed by atoms with E-state index in [1.54, 1.807) is 19.2 Å². The quantitative estimate of drug-likeness (QED) is 0.765. The largest absolute Gasteiger partial charge is 0.376 e. The van der Waals surface area contributed by atoms with Crippen LogP contribution in [0, 0.1) is 6.92 Å². The molecule has 2 aromatic rings. The summed E-state index contributed by atoms with van der Waals surface area (Å²) in [6.07, 6.45) is 0.924. The maximum atomic E-state index is 12.1. The number of carbonyl (C=O) groups excluding carboxylic acids is 2. The highest BCUT2D eigenvalue weighted by Gasteiger charge is 2.11. The fourth-order valence-corrected chi connectivity index (χ4v) is 2.46. The molecule has 0 aliphatic heterocycles. The molecule has 24 heavy (non-hydrogen) atoms. The van der Waals surface area contributed by atoms with E-state index in [0.717, 1.165) is 23.4 Å². The third-order valence-electron chi connectivity index (χ3n) is 3.86. The van der Waals surface area contributed by atoms with Gasteiger partial charge >= 0.3 is 0 Å². The molecule has 0 saturated heterocycles. The average molecular weight is 325 g/mol. The van der Waals surface area contributed by atoms with Crippen LogP contribution in [0.5, 0.6) is 0 Å². The van der Waals surface area contributed by atoms with E-state index < -0.39 is 0 Å². The summed E-state index contributed by atoms with van der Waals surface area (Å²) in [5, 5.41) is 8.57. The molecule has 2 aromatic carbocycles. The molecule has 0 aliphatic carbocycles. The van der Waals surface area contributed by atoms with Crippen molar-refractivity contribution >= 4 is 23.2 Å². The summed E-state index contributed by atoms with van der Waals surface area (Å²) in [5.41, 5.74) is 4.15. The molecular weight excluding hydrogens is 302 g/mol. The van der Waals surface area contributed by atoms with E-state index in [1.165, 1.54) is 5.56 Å². The van der Waals surface area contributed by atoms with Gasteiger partial charge in [-0.05, 0) is 48.7 Å². The van der Waals surface area contributed by atoms with Crippen LogP contribution >= 0.6 is 0 Å². The Morgan fingerprint density at radius 1 is 1.08 bits per heavy atom. The molecule has 5 nitrogen and oxygen atoms in total. The van der Waals surface area contributed by atoms with Crippen molar-refractivity contribution in [2.24, 2.45) is 0 Å². The minimum absolute atomic E-state index is 0.131. The summed E-state index contributed by atoms with van der Waals surface area (Å²) >= 11 is 0. The van der Waals surface area contributed by atoms with Gasteiger partial charge in [0.1, 0.15) is 0 Å². The molecule has 0 bridgehead atoms. The minimum Gasteiger partial charge on any atom is -0.376 e. The van der Waals surface area contributed by atoms with Crippen molar-refractivity contribution in [3.05, 3.63) is 59.2 Å². The van der Waals surface area contributed by atoms with Crippen molar-refractivity contribution in [2.45, 2.75) is 20.3 Å². The van der Waals surface area contributed by atoms with Gasteiger partial charge in [-0.3, -0.25) is 9.59 Å². The number of aryl methyl sites for hydroxylation is 1. The first-order valence-electron chi connectivity index (χ1n) is 7.99. The molecule has 3 N–H and O–H groups in total. The number of carbonyl (C=O) groups is 2. The Hall–Kier alpha value is -2.82. The Bertz CT molecular complexity index is 741. The van der Waals surface area contributed by atoms with Crippen molar-refractivity contribution in [2.75, 3.05) is 24.2 Å². The smallest absolute Gasteiger partial charge is 0.251 e. The fourth-order valence-electron chi connectivity index (χ4n) is 2.46. The van der Waals surface area contributed by atoms with Crippen LogP contribution in [0.1, 0.15) is 28.4 Å². The first kappa shape index (κ1) is 17.5. The molecule has 0 heterocycles. The van der Waals surface area contributed by atoms with Crippen LogP contribution in [-0.2, 0) is 11.2 Å². The summed E-state index contributed by atoms with van der Waals surface area (Å²) in [5.74, 6) is -0.273. The van der Waals surface area contributed by atoms with Gasteiger partial charge in [0.05, 0.1) is 6.54 Å². The molecule has 5 heteroatoms. The van der Waals surface area contributed by atoms with E-state index in [0.29, 0.717) is 5.56 Å². The van der Waals surface area contributed by atoms with Crippen molar-refractivity contribution in [1.82, 2.24) is 5.32 Å². The summed E-state index contributed by atoms with van der Waals surface area (Å²) in [6.45, 7) is 4.06. The van der Waals surface area contributed by atoms with Crippen LogP contribution < -0.4 is 16.0 Å². The van der Waals surface area contributed by atoms with Crippen LogP contribution in [0.3, 0.4) is 0 Å². The third-order valence-corrected chi connectivity index (χ3v) is 3.86. The van der Waals surface area contributed by atoms with E-state index in [9.17, 15) is 9.59 Å². The zero-order valence-electron chi connectivity index (χ0n) is 14.3. The molecule has 0 fully saturated rings. The Labute approximate surface area is 142 Å². The zero-order valence-corrected chi connectivity index (χ0v) is 14.3. The van der Waals surface area contributed by atoms with E-state index >= 15 is 0 Å². The highest BCUT2D eigenvalue weighted by molar-refractivity contribution is 5.97. The van der Waals surface area contributed by atoms with Crippen molar-refractivity contribution in [3.8, 4) is 0 Å². The zero-order chi connectivity index (χ0) is 17.5. The lowest BCUT2D eigenvalue weighted by molar-refractivity contribution is -0.114. The molecule has 2 rings (SSSR count). The van der Waals surface area contributed by atoms with Crippen LogP contribution in [0.15, 0.2) is 42.5 Å². The fraction of sp³-hybridized carbons (Fsp3) is 0.263. The molecule has 126 valence electrons. The summed E-state index contributed by atoms with van der Waals surface area (Å²) in [6, 6.07) is 13.2. The monoisotopic (exact) mass is 325 g/mol. The molecule has 0 aromatic heterocycles. The van der Waals surface area contributed by atoms with Gasteiger partial charge < -0.3 is 16.0 Å². The SMILES string of the molecule is CCc1cccc(NC(=O)CNc2cccc(C(=O)NC)c2C)c1. The Morgan fingerprint density at radius 2 is 1.83 bits per heavy atom. The molecule has 2 amide bonds. The number of benzene rings is 2. The predicted molar refractivity (Wildman–Crippen MR) is 97.5 cm³/mol. The Morgan fingerprint density at radius 3 is 2.54 bits per heavy atom. The number of hydrogen-bond acceptors (Lipinski definition) is 3. The van der Waals surface area contributed by atoms with Gasteiger partial charge in [0.15, 0.2) is 0 Å². The summed E-state index contributed by atoms with van der Waals surface area (Å²) < 4.78 is 0. The van der Waals surface area contributed by atoms with Gasteiger partial charge in [0.2, 0.25) is 5.91 Å². The summed E-state index contributed by atoms with van der Waals surface area (Å²) in [7, 11) is 1.60. The van der Waals surface area contributed by atoms with Crippen molar-refractivity contribution in [1.29, 1.82) is 0 Å². The second kappa shape index (κ2) is 8.15. The number of anilines is 2. The highest BCUT2D eigenvalue weighted by Crippen LogP contribution is 2.19. The van der Waals surface area contributed by atoms with E-state index in [4.69, 9.17) is 0 Å². The Balaban J connectivity index is 2.00. The van der Waals surface area contributed by atoms with Crippen molar-refractivity contribution < 1.29 is 9.59 Å². The van der Waals surface area contributed by atoms with Gasteiger partial charge in [0, 0.05) is 24.0 Å². The Kier molecular flexibility index (Phi) is 5.95. The van der Waals surface area contributed by atoms with E-state index in [2.05, 4.69) is 22.9 Å². The number of nitrogens with one attached hydrogen (secondary N) is 3. The van der Waals surface area contributed by atoms with Crippen LogP contribution in [0.2, 0.25) is 0 Å². The molecular formula is C19H23N3O2. The lowest BCUT2D eigenvalue weighted by Crippen LogP contribution is -2.23. The molecule has 0 unspecified atom stereocenters. The van der Waals surface area contributed by atoms with Gasteiger partial charge in [-0.1, -0.05) is 25.1 Å². The molecule has 0 saturated carbocycles. The van der Waals surface area contributed by atoms with Gasteiger partial charge in [-0.2, -0.15) is 0 Å². The van der Waals surface area contributed by atoms with Crippen LogP contribution in [-0.4, -0.2) is 25.4 Å².